The predicted molar refractivity (Wildman–Crippen MR) is 103 cm³/mol. The molecule has 12 heteroatoms. The van der Waals surface area contributed by atoms with Gasteiger partial charge in [-0.3, -0.25) is 14.9 Å². The van der Waals surface area contributed by atoms with Gasteiger partial charge in [-0.1, -0.05) is 16.8 Å². The molecule has 1 saturated heterocycles. The van der Waals surface area contributed by atoms with E-state index in [0.29, 0.717) is 13.0 Å². The van der Waals surface area contributed by atoms with Crippen LogP contribution in [0.5, 0.6) is 0 Å². The van der Waals surface area contributed by atoms with Crippen molar-refractivity contribution >= 4 is 33.2 Å². The first-order valence-electron chi connectivity index (χ1n) is 8.79. The zero-order valence-electron chi connectivity index (χ0n) is 15.8. The fraction of sp³-hybridized carbons (Fsp3) is 0.412. The lowest BCUT2D eigenvalue weighted by Crippen LogP contribution is -2.37. The Kier molecular flexibility index (Phi) is 5.92. The van der Waals surface area contributed by atoms with Crippen LogP contribution in [0.2, 0.25) is 5.02 Å². The van der Waals surface area contributed by atoms with Crippen LogP contribution in [0, 0.1) is 24.0 Å². The Morgan fingerprint density at radius 2 is 1.97 bits per heavy atom. The highest BCUT2D eigenvalue weighted by molar-refractivity contribution is 7.89. The van der Waals surface area contributed by atoms with Crippen molar-refractivity contribution in [2.75, 3.05) is 26.2 Å². The molecule has 3 rings (SSSR count). The van der Waals surface area contributed by atoms with Crippen LogP contribution < -0.4 is 0 Å². The van der Waals surface area contributed by atoms with Gasteiger partial charge < -0.3 is 9.42 Å². The summed E-state index contributed by atoms with van der Waals surface area (Å²) in [5.74, 6) is -0.265. The third-order valence-corrected chi connectivity index (χ3v) is 7.17. The third kappa shape index (κ3) is 4.11. The summed E-state index contributed by atoms with van der Waals surface area (Å²) in [5.41, 5.74) is 0.0566. The molecule has 2 heterocycles. The van der Waals surface area contributed by atoms with Crippen molar-refractivity contribution in [3.05, 3.63) is 50.4 Å². The quantitative estimate of drug-likeness (QED) is 0.525. The van der Waals surface area contributed by atoms with Gasteiger partial charge in [0, 0.05) is 38.3 Å². The number of benzene rings is 1. The van der Waals surface area contributed by atoms with Gasteiger partial charge in [0.2, 0.25) is 10.0 Å². The maximum atomic E-state index is 13.0. The normalized spacial score (nSPS) is 15.9. The van der Waals surface area contributed by atoms with E-state index in [9.17, 15) is 23.3 Å². The number of aromatic nitrogens is 1. The first-order valence-corrected chi connectivity index (χ1v) is 10.6. The number of nitro benzene ring substituents is 1. The van der Waals surface area contributed by atoms with E-state index in [-0.39, 0.29) is 52.3 Å². The number of aryl methyl sites for hydroxylation is 2. The van der Waals surface area contributed by atoms with E-state index in [0.717, 1.165) is 6.07 Å². The van der Waals surface area contributed by atoms with E-state index < -0.39 is 20.9 Å². The van der Waals surface area contributed by atoms with Gasteiger partial charge in [-0.25, -0.2) is 8.42 Å². The summed E-state index contributed by atoms with van der Waals surface area (Å²) < 4.78 is 32.2. The highest BCUT2D eigenvalue weighted by Crippen LogP contribution is 2.26. The number of non-ortho nitro benzene ring substituents is 1. The molecule has 10 nitrogen and oxygen atoms in total. The molecule has 0 aliphatic carbocycles. The largest absolute Gasteiger partial charge is 0.360 e. The van der Waals surface area contributed by atoms with Crippen molar-refractivity contribution in [1.82, 2.24) is 14.4 Å². The second-order valence-electron chi connectivity index (χ2n) is 6.62. The van der Waals surface area contributed by atoms with E-state index in [1.165, 1.54) is 28.3 Å². The molecule has 29 heavy (non-hydrogen) atoms. The molecular weight excluding hydrogens is 424 g/mol. The molecule has 156 valence electrons. The highest BCUT2D eigenvalue weighted by Gasteiger charge is 2.33. The van der Waals surface area contributed by atoms with Crippen LogP contribution in [-0.2, 0) is 10.0 Å². The second-order valence-corrected chi connectivity index (χ2v) is 8.91. The Morgan fingerprint density at radius 3 is 2.59 bits per heavy atom. The van der Waals surface area contributed by atoms with Crippen molar-refractivity contribution < 1.29 is 22.7 Å². The second kappa shape index (κ2) is 8.09. The monoisotopic (exact) mass is 442 g/mol. The van der Waals surface area contributed by atoms with Crippen molar-refractivity contribution in [1.29, 1.82) is 0 Å². The van der Waals surface area contributed by atoms with Gasteiger partial charge in [0.15, 0.2) is 5.76 Å². The van der Waals surface area contributed by atoms with Gasteiger partial charge in [0.25, 0.3) is 11.6 Å². The molecule has 0 bridgehead atoms. The lowest BCUT2D eigenvalue weighted by molar-refractivity contribution is -0.384. The Labute approximate surface area is 172 Å². The number of nitro groups is 1. The van der Waals surface area contributed by atoms with Crippen molar-refractivity contribution in [2.45, 2.75) is 25.2 Å². The zero-order chi connectivity index (χ0) is 21.3. The Hall–Kier alpha value is -2.50. The van der Waals surface area contributed by atoms with Gasteiger partial charge >= 0.3 is 0 Å². The van der Waals surface area contributed by atoms with Gasteiger partial charge in [-0.05, 0) is 26.3 Å². The minimum atomic E-state index is -3.82. The van der Waals surface area contributed by atoms with E-state index in [4.69, 9.17) is 16.1 Å². The number of amides is 1. The predicted octanol–water partition coefficient (Wildman–Crippen LogP) is 2.39. The van der Waals surface area contributed by atoms with Crippen LogP contribution in [0.15, 0.2) is 27.6 Å². The molecule has 0 N–H and O–H groups in total. The SMILES string of the molecule is Cc1noc(C)c1S(=O)(=O)N1CCCN(C(=O)c2cc([N+](=O)[O-])ccc2Cl)CC1. The Balaban J connectivity index is 1.81. The molecule has 2 aromatic rings. The topological polar surface area (TPSA) is 127 Å². The summed E-state index contributed by atoms with van der Waals surface area (Å²) >= 11 is 6.07. The van der Waals surface area contributed by atoms with Gasteiger partial charge in [-0.15, -0.1) is 0 Å². The number of hydrogen-bond acceptors (Lipinski definition) is 7. The van der Waals surface area contributed by atoms with E-state index in [1.807, 2.05) is 0 Å². The lowest BCUT2D eigenvalue weighted by Gasteiger charge is -2.22. The summed E-state index contributed by atoms with van der Waals surface area (Å²) in [5, 5.41) is 14.8. The van der Waals surface area contributed by atoms with E-state index in [2.05, 4.69) is 5.16 Å². The van der Waals surface area contributed by atoms with E-state index >= 15 is 0 Å². The molecule has 1 aromatic carbocycles. The number of carbonyl (C=O) groups excluding carboxylic acids is 1. The molecule has 1 aliphatic heterocycles. The maximum absolute atomic E-state index is 13.0. The van der Waals surface area contributed by atoms with Crippen molar-refractivity contribution in [3.63, 3.8) is 0 Å². The average molecular weight is 443 g/mol. The highest BCUT2D eigenvalue weighted by atomic mass is 35.5. The Morgan fingerprint density at radius 1 is 1.24 bits per heavy atom. The maximum Gasteiger partial charge on any atom is 0.270 e. The lowest BCUT2D eigenvalue weighted by atomic mass is 10.1. The number of halogens is 1. The average Bonchev–Trinajstić information content (AvgIpc) is 2.86. The van der Waals surface area contributed by atoms with Gasteiger partial charge in [0.05, 0.1) is 15.5 Å². The van der Waals surface area contributed by atoms with Crippen LogP contribution in [0.1, 0.15) is 28.2 Å². The number of carbonyl (C=O) groups is 1. The molecule has 1 aromatic heterocycles. The summed E-state index contributed by atoms with van der Waals surface area (Å²) in [6, 6.07) is 3.66. The first-order chi connectivity index (χ1) is 13.6. The van der Waals surface area contributed by atoms with Crippen LogP contribution in [0.25, 0.3) is 0 Å². The van der Waals surface area contributed by atoms with E-state index in [1.54, 1.807) is 6.92 Å². The first kappa shape index (κ1) is 21.2. The summed E-state index contributed by atoms with van der Waals surface area (Å²) in [6.45, 7) is 3.81. The summed E-state index contributed by atoms with van der Waals surface area (Å²) in [6.07, 6.45) is 0.404. The summed E-state index contributed by atoms with van der Waals surface area (Å²) in [7, 11) is -3.82. The number of sulfonamides is 1. The van der Waals surface area contributed by atoms with Gasteiger partial charge in [-0.2, -0.15) is 4.31 Å². The fourth-order valence-electron chi connectivity index (χ4n) is 3.27. The molecule has 1 aliphatic rings. The number of hydrogen-bond donors (Lipinski definition) is 0. The van der Waals surface area contributed by atoms with Crippen LogP contribution >= 0.6 is 11.6 Å². The van der Waals surface area contributed by atoms with Crippen molar-refractivity contribution in [3.8, 4) is 0 Å². The number of nitrogens with zero attached hydrogens (tertiary/aromatic N) is 4. The third-order valence-electron chi connectivity index (χ3n) is 4.70. The van der Waals surface area contributed by atoms with Crippen molar-refractivity contribution in [2.24, 2.45) is 0 Å². The minimum Gasteiger partial charge on any atom is -0.360 e. The number of rotatable bonds is 4. The molecule has 0 atom stereocenters. The molecule has 0 saturated carbocycles. The summed E-state index contributed by atoms with van der Waals surface area (Å²) in [4.78, 5) is 24.7. The zero-order valence-corrected chi connectivity index (χ0v) is 17.4. The molecule has 0 radical (unpaired) electrons. The molecule has 0 spiro atoms. The molecule has 1 fully saturated rings. The Bertz CT molecular complexity index is 1050. The van der Waals surface area contributed by atoms with Crippen LogP contribution in [0.4, 0.5) is 5.69 Å². The molecule has 1 amide bonds. The minimum absolute atomic E-state index is 0.0166. The van der Waals surface area contributed by atoms with Crippen LogP contribution in [0.3, 0.4) is 0 Å². The van der Waals surface area contributed by atoms with Gasteiger partial charge in [0.1, 0.15) is 10.6 Å². The fourth-order valence-corrected chi connectivity index (χ4v) is 5.23. The standard InChI is InChI=1S/C17H19ClN4O6S/c1-11-16(12(2)28-19-11)29(26,27)21-7-3-6-20(8-9-21)17(23)14-10-13(22(24)25)4-5-15(14)18/h4-5,10H,3,6-9H2,1-2H3. The molecule has 0 unspecified atom stereocenters. The van der Waals surface area contributed by atoms with Crippen LogP contribution in [-0.4, -0.2) is 59.8 Å². The molecular formula is C17H19ClN4O6S. The smallest absolute Gasteiger partial charge is 0.270 e.